The van der Waals surface area contributed by atoms with Crippen molar-refractivity contribution in [3.8, 4) is 0 Å². The molecule has 0 saturated carbocycles. The third-order valence-electron chi connectivity index (χ3n) is 4.25. The van der Waals surface area contributed by atoms with Gasteiger partial charge in [0.25, 0.3) is 0 Å². The smallest absolute Gasteiger partial charge is 0.201 e. The van der Waals surface area contributed by atoms with E-state index in [1.165, 1.54) is 24.1 Å². The normalized spacial score (nSPS) is 19.1. The lowest BCUT2D eigenvalue weighted by molar-refractivity contribution is 0.553. The van der Waals surface area contributed by atoms with E-state index in [1.807, 2.05) is 0 Å². The first-order chi connectivity index (χ1) is 9.65. The highest BCUT2D eigenvalue weighted by atomic mass is 15.4. The van der Waals surface area contributed by atoms with Crippen LogP contribution in [0.1, 0.15) is 18.4 Å². The van der Waals surface area contributed by atoms with Crippen molar-refractivity contribution in [2.45, 2.75) is 19.8 Å². The van der Waals surface area contributed by atoms with Gasteiger partial charge in [-0.3, -0.25) is 0 Å². The monoisotopic (exact) mass is 272 g/mol. The van der Waals surface area contributed by atoms with Crippen LogP contribution >= 0.6 is 0 Å². The van der Waals surface area contributed by atoms with Gasteiger partial charge in [-0.15, -0.1) is 0 Å². The van der Waals surface area contributed by atoms with Crippen LogP contribution in [0.25, 0.3) is 0 Å². The van der Waals surface area contributed by atoms with Crippen molar-refractivity contribution in [3.05, 3.63) is 23.8 Å². The molecule has 2 aliphatic rings. The summed E-state index contributed by atoms with van der Waals surface area (Å²) in [4.78, 5) is 11.9. The maximum absolute atomic E-state index is 4.95. The van der Waals surface area contributed by atoms with E-state index in [4.69, 9.17) is 4.99 Å². The van der Waals surface area contributed by atoms with E-state index in [9.17, 15) is 0 Å². The first kappa shape index (κ1) is 13.3. The van der Waals surface area contributed by atoms with Gasteiger partial charge in [0, 0.05) is 40.3 Å². The van der Waals surface area contributed by atoms with Crippen molar-refractivity contribution < 1.29 is 0 Å². The number of anilines is 1. The van der Waals surface area contributed by atoms with Gasteiger partial charge < -0.3 is 14.7 Å². The lowest BCUT2D eigenvalue weighted by Crippen LogP contribution is -2.28. The molecule has 2 fully saturated rings. The predicted octanol–water partition coefficient (Wildman–Crippen LogP) is 2.46. The second-order valence-corrected chi connectivity index (χ2v) is 5.94. The number of rotatable bonds is 2. The number of nitrogens with zero attached hydrogens (tertiary/aromatic N) is 4. The van der Waals surface area contributed by atoms with Crippen molar-refractivity contribution in [1.29, 1.82) is 0 Å². The van der Waals surface area contributed by atoms with E-state index in [0.29, 0.717) is 0 Å². The van der Waals surface area contributed by atoms with Crippen LogP contribution in [0.2, 0.25) is 0 Å². The summed E-state index contributed by atoms with van der Waals surface area (Å²) in [5.74, 6) is 1.08. The zero-order chi connectivity index (χ0) is 14.1. The SMILES string of the molecule is Cc1ccc(N2CCCC2)c(N=C2N(C)CCN2C)c1. The number of hydrogen-bond donors (Lipinski definition) is 0. The van der Waals surface area contributed by atoms with Crippen LogP contribution in [0.15, 0.2) is 23.2 Å². The number of aliphatic imine (C=N–C) groups is 1. The zero-order valence-corrected chi connectivity index (χ0v) is 12.8. The zero-order valence-electron chi connectivity index (χ0n) is 12.8. The highest BCUT2D eigenvalue weighted by Gasteiger charge is 2.21. The average Bonchev–Trinajstić information content (AvgIpc) is 3.04. The van der Waals surface area contributed by atoms with Crippen LogP contribution in [-0.2, 0) is 0 Å². The number of hydrogen-bond acceptors (Lipinski definition) is 2. The topological polar surface area (TPSA) is 22.1 Å². The molecule has 1 aromatic carbocycles. The lowest BCUT2D eigenvalue weighted by atomic mass is 10.2. The van der Waals surface area contributed by atoms with Gasteiger partial charge in [0.2, 0.25) is 5.96 Å². The molecule has 4 nitrogen and oxygen atoms in total. The fourth-order valence-electron chi connectivity index (χ4n) is 3.02. The van der Waals surface area contributed by atoms with Crippen LogP contribution in [-0.4, -0.2) is 56.0 Å². The third-order valence-corrected chi connectivity index (χ3v) is 4.25. The van der Waals surface area contributed by atoms with Gasteiger partial charge in [0.1, 0.15) is 0 Å². The number of likely N-dealkylation sites (N-methyl/N-ethyl adjacent to an activating group) is 2. The lowest BCUT2D eigenvalue weighted by Gasteiger charge is -2.22. The van der Waals surface area contributed by atoms with Gasteiger partial charge in [-0.25, -0.2) is 4.99 Å². The largest absolute Gasteiger partial charge is 0.370 e. The molecule has 3 rings (SSSR count). The van der Waals surface area contributed by atoms with E-state index in [2.05, 4.69) is 53.9 Å². The molecule has 2 aliphatic heterocycles. The minimum Gasteiger partial charge on any atom is -0.370 e. The van der Waals surface area contributed by atoms with Crippen LogP contribution in [0, 0.1) is 6.92 Å². The Morgan fingerprint density at radius 1 is 0.950 bits per heavy atom. The van der Waals surface area contributed by atoms with E-state index in [1.54, 1.807) is 0 Å². The summed E-state index contributed by atoms with van der Waals surface area (Å²) in [6, 6.07) is 6.63. The van der Waals surface area contributed by atoms with E-state index < -0.39 is 0 Å². The predicted molar refractivity (Wildman–Crippen MR) is 85.0 cm³/mol. The molecule has 0 radical (unpaired) electrons. The Morgan fingerprint density at radius 3 is 2.25 bits per heavy atom. The molecule has 0 aliphatic carbocycles. The molecule has 4 heteroatoms. The Labute approximate surface area is 121 Å². The molecular weight excluding hydrogens is 248 g/mol. The van der Waals surface area contributed by atoms with Crippen molar-refractivity contribution in [2.75, 3.05) is 45.2 Å². The van der Waals surface area contributed by atoms with Crippen molar-refractivity contribution in [1.82, 2.24) is 9.80 Å². The fraction of sp³-hybridized carbons (Fsp3) is 0.562. The summed E-state index contributed by atoms with van der Waals surface area (Å²) in [6.07, 6.45) is 2.59. The Hall–Kier alpha value is -1.71. The fourth-order valence-corrected chi connectivity index (χ4v) is 3.02. The maximum atomic E-state index is 4.95. The standard InChI is InChI=1S/C16H24N4/c1-13-6-7-15(20-8-4-5-9-20)14(12-13)17-16-18(2)10-11-19(16)3/h6-7,12H,4-5,8-11H2,1-3H3. The highest BCUT2D eigenvalue weighted by molar-refractivity contribution is 5.86. The molecule has 1 aromatic rings. The molecule has 0 spiro atoms. The second kappa shape index (κ2) is 5.35. The quantitative estimate of drug-likeness (QED) is 0.825. The summed E-state index contributed by atoms with van der Waals surface area (Å²) in [6.45, 7) is 6.57. The summed E-state index contributed by atoms with van der Waals surface area (Å²) >= 11 is 0. The summed E-state index contributed by atoms with van der Waals surface area (Å²) in [7, 11) is 4.24. The molecule has 108 valence electrons. The van der Waals surface area contributed by atoms with E-state index in [-0.39, 0.29) is 0 Å². The molecule has 0 unspecified atom stereocenters. The van der Waals surface area contributed by atoms with Crippen LogP contribution in [0.5, 0.6) is 0 Å². The van der Waals surface area contributed by atoms with Gasteiger partial charge in [0.15, 0.2) is 0 Å². The molecule has 0 bridgehead atoms. The molecule has 0 N–H and O–H groups in total. The van der Waals surface area contributed by atoms with Crippen LogP contribution in [0.3, 0.4) is 0 Å². The molecule has 0 aromatic heterocycles. The van der Waals surface area contributed by atoms with Gasteiger partial charge in [-0.1, -0.05) is 6.07 Å². The van der Waals surface area contributed by atoms with Crippen molar-refractivity contribution in [3.63, 3.8) is 0 Å². The number of guanidine groups is 1. The van der Waals surface area contributed by atoms with Crippen LogP contribution in [0.4, 0.5) is 11.4 Å². The Kier molecular flexibility index (Phi) is 3.55. The Balaban J connectivity index is 1.99. The summed E-state index contributed by atoms with van der Waals surface area (Å²) in [5.41, 5.74) is 3.67. The molecule has 0 atom stereocenters. The van der Waals surface area contributed by atoms with E-state index in [0.717, 1.165) is 37.8 Å². The Bertz CT molecular complexity index is 505. The third kappa shape index (κ3) is 2.47. The Morgan fingerprint density at radius 2 is 1.60 bits per heavy atom. The molecule has 0 amide bonds. The van der Waals surface area contributed by atoms with Gasteiger partial charge >= 0.3 is 0 Å². The average molecular weight is 272 g/mol. The molecule has 2 saturated heterocycles. The molecule has 2 heterocycles. The minimum atomic E-state index is 1.06. The van der Waals surface area contributed by atoms with Crippen molar-refractivity contribution in [2.24, 2.45) is 4.99 Å². The minimum absolute atomic E-state index is 1.06. The second-order valence-electron chi connectivity index (χ2n) is 5.94. The summed E-state index contributed by atoms with van der Waals surface area (Å²) < 4.78 is 0. The number of benzene rings is 1. The molecule has 20 heavy (non-hydrogen) atoms. The molecular formula is C16H24N4. The van der Waals surface area contributed by atoms with Gasteiger partial charge in [-0.2, -0.15) is 0 Å². The van der Waals surface area contributed by atoms with Crippen LogP contribution < -0.4 is 4.90 Å². The van der Waals surface area contributed by atoms with Gasteiger partial charge in [0.05, 0.1) is 11.4 Å². The van der Waals surface area contributed by atoms with Gasteiger partial charge in [-0.05, 0) is 37.5 Å². The number of aryl methyl sites for hydroxylation is 1. The van der Waals surface area contributed by atoms with Crippen molar-refractivity contribution >= 4 is 17.3 Å². The first-order valence-corrected chi connectivity index (χ1v) is 7.52. The maximum Gasteiger partial charge on any atom is 0.201 e. The highest BCUT2D eigenvalue weighted by Crippen LogP contribution is 2.32. The van der Waals surface area contributed by atoms with E-state index >= 15 is 0 Å². The first-order valence-electron chi connectivity index (χ1n) is 7.52. The summed E-state index contributed by atoms with van der Waals surface area (Å²) in [5, 5.41) is 0.